The normalized spacial score (nSPS) is 12.7. The second kappa shape index (κ2) is 9.72. The van der Waals surface area contributed by atoms with Gasteiger partial charge in [-0.05, 0) is 42.3 Å². The number of fused-ring (bicyclic) bond motifs is 1. The number of amides is 1. The molecule has 3 aromatic carbocycles. The van der Waals surface area contributed by atoms with Crippen molar-refractivity contribution in [1.29, 1.82) is 0 Å². The van der Waals surface area contributed by atoms with Gasteiger partial charge in [0.1, 0.15) is 4.90 Å². The zero-order chi connectivity index (χ0) is 25.2. The van der Waals surface area contributed by atoms with Gasteiger partial charge in [0.25, 0.3) is 21.6 Å². The molecule has 1 heterocycles. The van der Waals surface area contributed by atoms with Gasteiger partial charge in [-0.1, -0.05) is 35.9 Å². The summed E-state index contributed by atoms with van der Waals surface area (Å²) < 4.78 is 32.9. The molecule has 0 bridgehead atoms. The van der Waals surface area contributed by atoms with E-state index in [4.69, 9.17) is 16.3 Å². The third-order valence-electron chi connectivity index (χ3n) is 5.25. The van der Waals surface area contributed by atoms with E-state index in [0.29, 0.717) is 12.1 Å². The highest BCUT2D eigenvalue weighted by Crippen LogP contribution is 2.35. The number of benzene rings is 3. The first kappa shape index (κ1) is 24.2. The number of non-ortho nitro benzene ring substituents is 1. The molecule has 10 nitrogen and oxygen atoms in total. The first-order valence-corrected chi connectivity index (χ1v) is 12.1. The van der Waals surface area contributed by atoms with E-state index in [9.17, 15) is 28.1 Å². The maximum absolute atomic E-state index is 13.3. The molecule has 1 amide bonds. The first-order valence-electron chi connectivity index (χ1n) is 10.3. The van der Waals surface area contributed by atoms with Gasteiger partial charge in [0.2, 0.25) is 0 Å². The number of anilines is 2. The number of nitrogens with zero attached hydrogens (tertiary/aromatic N) is 2. The predicted octanol–water partition coefficient (Wildman–Crippen LogP) is 3.80. The lowest BCUT2D eigenvalue weighted by molar-refractivity contribution is -0.384. The number of nitrogens with one attached hydrogen (secondary N) is 1. The number of sulfonamides is 1. The van der Waals surface area contributed by atoms with Crippen molar-refractivity contribution >= 4 is 50.6 Å². The highest BCUT2D eigenvalue weighted by atomic mass is 35.5. The van der Waals surface area contributed by atoms with Crippen LogP contribution in [0.15, 0.2) is 71.6 Å². The average molecular weight is 516 g/mol. The SMILES string of the molecule is O=C(COC(=O)c1ccc(Cl)c(S(=O)(=O)N2CCc3ccccc32)c1)Nc1cccc([N+](=O)[O-])c1. The van der Waals surface area contributed by atoms with E-state index in [1.165, 1.54) is 34.6 Å². The van der Waals surface area contributed by atoms with Crippen LogP contribution in [0, 0.1) is 10.1 Å². The summed E-state index contributed by atoms with van der Waals surface area (Å²) >= 11 is 6.17. The lowest BCUT2D eigenvalue weighted by atomic mass is 10.2. The Morgan fingerprint density at radius 1 is 1.09 bits per heavy atom. The van der Waals surface area contributed by atoms with Crippen molar-refractivity contribution in [2.75, 3.05) is 22.8 Å². The fourth-order valence-electron chi connectivity index (χ4n) is 3.61. The van der Waals surface area contributed by atoms with Crippen LogP contribution in [0.25, 0.3) is 0 Å². The molecule has 1 aliphatic heterocycles. The van der Waals surface area contributed by atoms with Gasteiger partial charge in [0.05, 0.1) is 21.2 Å². The molecule has 1 aliphatic rings. The van der Waals surface area contributed by atoms with Gasteiger partial charge < -0.3 is 10.1 Å². The number of halogens is 1. The summed E-state index contributed by atoms with van der Waals surface area (Å²) in [5, 5.41) is 13.2. The molecular weight excluding hydrogens is 498 g/mol. The first-order chi connectivity index (χ1) is 16.7. The minimum absolute atomic E-state index is 0.0608. The van der Waals surface area contributed by atoms with E-state index in [1.54, 1.807) is 12.1 Å². The number of hydrogen-bond acceptors (Lipinski definition) is 7. The molecule has 0 saturated carbocycles. The molecule has 0 fully saturated rings. The Morgan fingerprint density at radius 3 is 2.63 bits per heavy atom. The smallest absolute Gasteiger partial charge is 0.338 e. The molecule has 4 rings (SSSR count). The second-order valence-electron chi connectivity index (χ2n) is 7.53. The maximum Gasteiger partial charge on any atom is 0.338 e. The van der Waals surface area contributed by atoms with Crippen LogP contribution in [-0.2, 0) is 26.0 Å². The molecule has 0 aromatic heterocycles. The van der Waals surface area contributed by atoms with Crippen molar-refractivity contribution in [3.63, 3.8) is 0 Å². The van der Waals surface area contributed by atoms with E-state index < -0.39 is 33.4 Å². The Hall–Kier alpha value is -3.96. The van der Waals surface area contributed by atoms with Crippen molar-refractivity contribution in [2.24, 2.45) is 0 Å². The summed E-state index contributed by atoms with van der Waals surface area (Å²) in [7, 11) is -4.06. The summed E-state index contributed by atoms with van der Waals surface area (Å²) in [5.41, 5.74) is 1.27. The number of hydrogen-bond donors (Lipinski definition) is 1. The maximum atomic E-state index is 13.3. The van der Waals surface area contributed by atoms with Crippen molar-refractivity contribution in [2.45, 2.75) is 11.3 Å². The molecule has 180 valence electrons. The van der Waals surface area contributed by atoms with E-state index in [1.807, 2.05) is 12.1 Å². The minimum Gasteiger partial charge on any atom is -0.452 e. The highest BCUT2D eigenvalue weighted by Gasteiger charge is 2.32. The van der Waals surface area contributed by atoms with Crippen LogP contribution in [0.3, 0.4) is 0 Å². The van der Waals surface area contributed by atoms with Gasteiger partial charge in [-0.3, -0.25) is 19.2 Å². The summed E-state index contributed by atoms with van der Waals surface area (Å²) in [6.07, 6.45) is 0.550. The van der Waals surface area contributed by atoms with Crippen LogP contribution >= 0.6 is 11.6 Å². The van der Waals surface area contributed by atoms with Gasteiger partial charge >= 0.3 is 5.97 Å². The quantitative estimate of drug-likeness (QED) is 0.287. The molecule has 0 radical (unpaired) electrons. The monoisotopic (exact) mass is 515 g/mol. The molecule has 0 unspecified atom stereocenters. The lowest BCUT2D eigenvalue weighted by Crippen LogP contribution is -2.29. The van der Waals surface area contributed by atoms with Gasteiger partial charge in [-0.25, -0.2) is 13.2 Å². The zero-order valence-corrected chi connectivity index (χ0v) is 19.6. The standard InChI is InChI=1S/C23H18ClN3O7S/c24-19-9-8-16(12-21(19)35(32,33)26-11-10-15-4-1-2-7-20(15)26)23(29)34-14-22(28)25-17-5-3-6-18(13-17)27(30)31/h1-9,12-13H,10-11,14H2,(H,25,28). The van der Waals surface area contributed by atoms with Gasteiger partial charge in [-0.15, -0.1) is 0 Å². The van der Waals surface area contributed by atoms with Crippen LogP contribution in [-0.4, -0.2) is 38.4 Å². The summed E-state index contributed by atoms with van der Waals surface area (Å²) in [4.78, 5) is 34.6. The molecule has 1 N–H and O–H groups in total. The molecule has 0 aliphatic carbocycles. The third-order valence-corrected chi connectivity index (χ3v) is 7.55. The molecule has 0 atom stereocenters. The zero-order valence-electron chi connectivity index (χ0n) is 18.0. The number of carbonyl (C=O) groups is 2. The van der Waals surface area contributed by atoms with Crippen LogP contribution < -0.4 is 9.62 Å². The Bertz CT molecular complexity index is 1440. The van der Waals surface area contributed by atoms with Gasteiger partial charge in [-0.2, -0.15) is 0 Å². The largest absolute Gasteiger partial charge is 0.452 e. The molecular formula is C23H18ClN3O7S. The van der Waals surface area contributed by atoms with E-state index >= 15 is 0 Å². The molecule has 0 spiro atoms. The van der Waals surface area contributed by atoms with E-state index in [0.717, 1.165) is 17.7 Å². The van der Waals surface area contributed by atoms with Gasteiger partial charge in [0, 0.05) is 24.4 Å². The number of rotatable bonds is 7. The highest BCUT2D eigenvalue weighted by molar-refractivity contribution is 7.93. The lowest BCUT2D eigenvalue weighted by Gasteiger charge is -2.20. The minimum atomic E-state index is -4.06. The van der Waals surface area contributed by atoms with Crippen LogP contribution in [0.1, 0.15) is 15.9 Å². The summed E-state index contributed by atoms with van der Waals surface area (Å²) in [6.45, 7) is -0.448. The van der Waals surface area contributed by atoms with Crippen LogP contribution in [0.4, 0.5) is 17.1 Å². The Kier molecular flexibility index (Phi) is 6.72. The third kappa shape index (κ3) is 5.10. The van der Waals surface area contributed by atoms with Crippen molar-refractivity contribution in [3.8, 4) is 0 Å². The van der Waals surface area contributed by atoms with E-state index in [2.05, 4.69) is 5.32 Å². The van der Waals surface area contributed by atoms with E-state index in [-0.39, 0.29) is 33.4 Å². The van der Waals surface area contributed by atoms with Crippen LogP contribution in [0.2, 0.25) is 5.02 Å². The molecule has 35 heavy (non-hydrogen) atoms. The van der Waals surface area contributed by atoms with Crippen molar-refractivity contribution < 1.29 is 27.7 Å². The Balaban J connectivity index is 1.47. The fraction of sp³-hybridized carbons (Fsp3) is 0.130. The van der Waals surface area contributed by atoms with Gasteiger partial charge in [0.15, 0.2) is 6.61 Å². The molecule has 0 saturated heterocycles. The number of ether oxygens (including phenoxy) is 1. The summed E-state index contributed by atoms with van der Waals surface area (Å²) in [5.74, 6) is -1.66. The topological polar surface area (TPSA) is 136 Å². The number of nitro benzene ring substituents is 1. The number of carbonyl (C=O) groups excluding carboxylic acids is 2. The second-order valence-corrected chi connectivity index (χ2v) is 9.77. The average Bonchev–Trinajstić information content (AvgIpc) is 3.28. The number of para-hydroxylation sites is 1. The molecule has 12 heteroatoms. The van der Waals surface area contributed by atoms with Crippen LogP contribution in [0.5, 0.6) is 0 Å². The summed E-state index contributed by atoms with van der Waals surface area (Å²) in [6, 6.07) is 16.1. The number of esters is 1. The predicted molar refractivity (Wildman–Crippen MR) is 128 cm³/mol. The Morgan fingerprint density at radius 2 is 1.86 bits per heavy atom. The number of nitro groups is 1. The fourth-order valence-corrected chi connectivity index (χ4v) is 5.62. The van der Waals surface area contributed by atoms with Crippen molar-refractivity contribution in [1.82, 2.24) is 0 Å². The molecule has 3 aromatic rings. The van der Waals surface area contributed by atoms with Crippen molar-refractivity contribution in [3.05, 3.63) is 93.0 Å². The Labute approximate surface area is 205 Å².